The van der Waals surface area contributed by atoms with Gasteiger partial charge in [0.15, 0.2) is 17.8 Å². The molecule has 0 aromatic heterocycles. The van der Waals surface area contributed by atoms with Crippen molar-refractivity contribution in [2.75, 3.05) is 13.2 Å². The van der Waals surface area contributed by atoms with Crippen LogP contribution in [0.1, 0.15) is 12.5 Å². The number of phenols is 2. The van der Waals surface area contributed by atoms with E-state index in [9.17, 15) is 20.1 Å². The smallest absolute Gasteiger partial charge is 0.217 e. The second-order valence-corrected chi connectivity index (χ2v) is 5.82. The largest absolute Gasteiger partial charge is 0.504 e. The SMILES string of the molecule is CC(=O)N[C@H]1C(O)O[C@H](CO)[C@@H](O)[C@@H]1O.NCCc1ccc(O)c(O)c1. The summed E-state index contributed by atoms with van der Waals surface area (Å²) in [4.78, 5) is 10.7. The molecule has 9 N–H and O–H groups in total. The summed E-state index contributed by atoms with van der Waals surface area (Å²) in [7, 11) is 0. The number of nitrogens with one attached hydrogen (secondary N) is 1. The number of aliphatic hydroxyl groups excluding tert-OH is 4. The number of nitrogens with two attached hydrogens (primary N) is 1. The molecule has 1 amide bonds. The van der Waals surface area contributed by atoms with Gasteiger partial charge in [0.25, 0.3) is 0 Å². The first-order valence-electron chi connectivity index (χ1n) is 7.99. The zero-order valence-electron chi connectivity index (χ0n) is 14.3. The molecule has 1 heterocycles. The third kappa shape index (κ3) is 6.09. The highest BCUT2D eigenvalue weighted by molar-refractivity contribution is 5.73. The van der Waals surface area contributed by atoms with Gasteiger partial charge in [0.1, 0.15) is 24.4 Å². The van der Waals surface area contributed by atoms with E-state index in [1.807, 2.05) is 0 Å². The fourth-order valence-corrected chi connectivity index (χ4v) is 2.38. The minimum Gasteiger partial charge on any atom is -0.504 e. The molecular weight excluding hydrogens is 348 g/mol. The van der Waals surface area contributed by atoms with Crippen LogP contribution in [0.4, 0.5) is 0 Å². The standard InChI is InChI=1S/C8H15NO6.C8H11NO2/c1-3(11)9-5-7(13)6(12)4(2-10)15-8(5)14;9-4-3-6-1-2-7(10)8(11)5-6/h4-8,10,12-14H,2H2,1H3,(H,9,11);1-2,5,10-11H,3-4,9H2/t4-,5-,6-,7-,8?;/m1./s1. The Bertz CT molecular complexity index is 585. The lowest BCUT2D eigenvalue weighted by Crippen LogP contribution is -2.63. The molecule has 1 saturated heterocycles. The van der Waals surface area contributed by atoms with Crippen LogP contribution in [-0.4, -0.2) is 80.3 Å². The van der Waals surface area contributed by atoms with Gasteiger partial charge in [-0.1, -0.05) is 6.07 Å². The number of hydrogen-bond donors (Lipinski definition) is 8. The molecular formula is C16H26N2O8. The van der Waals surface area contributed by atoms with Gasteiger partial charge < -0.3 is 46.4 Å². The van der Waals surface area contributed by atoms with Crippen LogP contribution in [0.2, 0.25) is 0 Å². The third-order valence-electron chi connectivity index (χ3n) is 3.74. The summed E-state index contributed by atoms with van der Waals surface area (Å²) >= 11 is 0. The van der Waals surface area contributed by atoms with Crippen molar-refractivity contribution in [2.24, 2.45) is 5.73 Å². The molecule has 10 nitrogen and oxygen atoms in total. The molecule has 2 rings (SSSR count). The Balaban J connectivity index is 0.000000273. The maximum atomic E-state index is 10.7. The number of carbonyl (C=O) groups is 1. The molecule has 0 spiro atoms. The molecule has 0 aliphatic carbocycles. The highest BCUT2D eigenvalue weighted by Gasteiger charge is 2.43. The Kier molecular flexibility index (Phi) is 8.72. The second kappa shape index (κ2) is 10.3. The molecule has 1 aliphatic rings. The Morgan fingerprint density at radius 3 is 2.35 bits per heavy atom. The zero-order chi connectivity index (χ0) is 19.9. The highest BCUT2D eigenvalue weighted by Crippen LogP contribution is 2.24. The number of aromatic hydroxyl groups is 2. The number of phenolic OH excluding ortho intramolecular Hbond substituents is 2. The van der Waals surface area contributed by atoms with Gasteiger partial charge in [0.05, 0.1) is 6.61 Å². The fourth-order valence-electron chi connectivity index (χ4n) is 2.38. The van der Waals surface area contributed by atoms with E-state index in [4.69, 9.17) is 25.8 Å². The first-order chi connectivity index (χ1) is 12.2. The number of rotatable bonds is 4. The Morgan fingerprint density at radius 1 is 1.19 bits per heavy atom. The molecule has 148 valence electrons. The number of benzene rings is 1. The normalized spacial score (nSPS) is 28.0. The van der Waals surface area contributed by atoms with Crippen molar-refractivity contribution in [2.45, 2.75) is 44.0 Å². The number of aliphatic hydroxyl groups is 4. The molecule has 1 fully saturated rings. The summed E-state index contributed by atoms with van der Waals surface area (Å²) in [5, 5.41) is 57.4. The van der Waals surface area contributed by atoms with E-state index in [-0.39, 0.29) is 11.5 Å². The van der Waals surface area contributed by atoms with Gasteiger partial charge in [-0.2, -0.15) is 0 Å². The summed E-state index contributed by atoms with van der Waals surface area (Å²) in [5.41, 5.74) is 6.24. The Morgan fingerprint density at radius 2 is 1.85 bits per heavy atom. The van der Waals surface area contributed by atoms with Crippen LogP contribution < -0.4 is 11.1 Å². The van der Waals surface area contributed by atoms with Crippen molar-refractivity contribution in [3.63, 3.8) is 0 Å². The molecule has 10 heteroatoms. The van der Waals surface area contributed by atoms with Gasteiger partial charge >= 0.3 is 0 Å². The van der Waals surface area contributed by atoms with E-state index in [1.54, 1.807) is 6.07 Å². The van der Waals surface area contributed by atoms with Crippen molar-refractivity contribution >= 4 is 5.91 Å². The van der Waals surface area contributed by atoms with E-state index in [0.717, 1.165) is 5.56 Å². The van der Waals surface area contributed by atoms with E-state index < -0.39 is 43.2 Å². The quantitative estimate of drug-likeness (QED) is 0.264. The Hall–Kier alpha value is -1.95. The van der Waals surface area contributed by atoms with Gasteiger partial charge in [0.2, 0.25) is 5.91 Å². The summed E-state index contributed by atoms with van der Waals surface area (Å²) in [6.45, 7) is 1.23. The van der Waals surface area contributed by atoms with Gasteiger partial charge in [-0.05, 0) is 30.7 Å². The molecule has 5 atom stereocenters. The first-order valence-corrected chi connectivity index (χ1v) is 7.99. The van der Waals surface area contributed by atoms with Crippen molar-refractivity contribution in [1.82, 2.24) is 5.32 Å². The van der Waals surface area contributed by atoms with Crippen LogP contribution in [0.25, 0.3) is 0 Å². The van der Waals surface area contributed by atoms with Crippen LogP contribution in [0.15, 0.2) is 18.2 Å². The average molecular weight is 374 g/mol. The predicted molar refractivity (Wildman–Crippen MR) is 90.1 cm³/mol. The lowest BCUT2D eigenvalue weighted by Gasteiger charge is -2.40. The average Bonchev–Trinajstić information content (AvgIpc) is 2.59. The first kappa shape index (κ1) is 22.1. The van der Waals surface area contributed by atoms with Crippen LogP contribution in [0.3, 0.4) is 0 Å². The van der Waals surface area contributed by atoms with Crippen molar-refractivity contribution in [1.29, 1.82) is 0 Å². The molecule has 0 radical (unpaired) electrons. The number of carbonyl (C=O) groups excluding carboxylic acids is 1. The van der Waals surface area contributed by atoms with E-state index in [0.29, 0.717) is 13.0 Å². The minimum absolute atomic E-state index is 0.0871. The monoisotopic (exact) mass is 374 g/mol. The summed E-state index contributed by atoms with van der Waals surface area (Å²) < 4.78 is 4.81. The molecule has 1 aromatic carbocycles. The third-order valence-corrected chi connectivity index (χ3v) is 3.74. The molecule has 1 aromatic rings. The van der Waals surface area contributed by atoms with Gasteiger partial charge in [-0.15, -0.1) is 0 Å². The summed E-state index contributed by atoms with van der Waals surface area (Å²) in [6, 6.07) is 3.62. The number of ether oxygens (including phenoxy) is 1. The van der Waals surface area contributed by atoms with Crippen LogP contribution in [0.5, 0.6) is 11.5 Å². The van der Waals surface area contributed by atoms with Gasteiger partial charge in [-0.25, -0.2) is 0 Å². The van der Waals surface area contributed by atoms with E-state index in [1.165, 1.54) is 19.1 Å². The number of amides is 1. The lowest BCUT2D eigenvalue weighted by atomic mass is 9.97. The van der Waals surface area contributed by atoms with Crippen molar-refractivity contribution < 1.29 is 40.2 Å². The highest BCUT2D eigenvalue weighted by atomic mass is 16.6. The molecule has 1 unspecified atom stereocenters. The zero-order valence-corrected chi connectivity index (χ0v) is 14.3. The second-order valence-electron chi connectivity index (χ2n) is 5.82. The van der Waals surface area contributed by atoms with Crippen molar-refractivity contribution in [3.8, 4) is 11.5 Å². The molecule has 1 aliphatic heterocycles. The van der Waals surface area contributed by atoms with E-state index >= 15 is 0 Å². The number of hydrogen-bond acceptors (Lipinski definition) is 9. The molecule has 0 saturated carbocycles. The molecule has 26 heavy (non-hydrogen) atoms. The fraction of sp³-hybridized carbons (Fsp3) is 0.562. The Labute approximate surface area is 150 Å². The van der Waals surface area contributed by atoms with E-state index in [2.05, 4.69) is 5.32 Å². The van der Waals surface area contributed by atoms with Gasteiger partial charge in [0, 0.05) is 6.92 Å². The predicted octanol–water partition coefficient (Wildman–Crippen LogP) is -2.48. The van der Waals surface area contributed by atoms with Crippen molar-refractivity contribution in [3.05, 3.63) is 23.8 Å². The van der Waals surface area contributed by atoms with Crippen LogP contribution in [0, 0.1) is 0 Å². The summed E-state index contributed by atoms with van der Waals surface area (Å²) in [6.07, 6.45) is -4.53. The van der Waals surface area contributed by atoms with Crippen LogP contribution >= 0.6 is 0 Å². The van der Waals surface area contributed by atoms with Gasteiger partial charge in [-0.3, -0.25) is 4.79 Å². The lowest BCUT2D eigenvalue weighted by molar-refractivity contribution is -0.253. The minimum atomic E-state index is -1.45. The summed E-state index contributed by atoms with van der Waals surface area (Å²) in [5.74, 6) is -0.641. The van der Waals surface area contributed by atoms with Crippen LogP contribution in [-0.2, 0) is 16.0 Å². The maximum Gasteiger partial charge on any atom is 0.217 e. The maximum absolute atomic E-state index is 10.7. The topological polar surface area (TPSA) is 186 Å². The molecule has 0 bridgehead atoms.